The van der Waals surface area contributed by atoms with Crippen LogP contribution in [0.25, 0.3) is 0 Å². The highest BCUT2D eigenvalue weighted by atomic mass is 32.2. The Morgan fingerprint density at radius 1 is 1.64 bits per heavy atom. The van der Waals surface area contributed by atoms with Crippen LogP contribution in [0.15, 0.2) is 36.3 Å². The topological polar surface area (TPSA) is 18.3 Å². The van der Waals surface area contributed by atoms with Gasteiger partial charge in [-0.05, 0) is 24.2 Å². The van der Waals surface area contributed by atoms with Crippen LogP contribution in [0.5, 0.6) is 0 Å². The molecular weight excluding hydrogens is 194 g/mol. The molecule has 0 aromatic heterocycles. The van der Waals surface area contributed by atoms with Crippen molar-refractivity contribution in [2.75, 3.05) is 19.3 Å². The van der Waals surface area contributed by atoms with E-state index in [0.29, 0.717) is 0 Å². The summed E-state index contributed by atoms with van der Waals surface area (Å²) in [5.74, 6) is 0. The van der Waals surface area contributed by atoms with Gasteiger partial charge in [-0.25, -0.2) is 0 Å². The minimum Gasteiger partial charge on any atom is -0.395 e. The molecule has 2 heterocycles. The molecule has 0 bridgehead atoms. The van der Waals surface area contributed by atoms with E-state index in [4.69, 9.17) is 0 Å². The van der Waals surface area contributed by atoms with Gasteiger partial charge in [-0.1, -0.05) is 12.2 Å². The Bertz CT molecular complexity index is 328. The smallest absolute Gasteiger partial charge is 0.143 e. The molecule has 0 aromatic carbocycles. The molecule has 2 rings (SSSR count). The molecular formula is C10H13N3S. The van der Waals surface area contributed by atoms with Crippen LogP contribution in [-0.4, -0.2) is 34.6 Å². The van der Waals surface area contributed by atoms with Gasteiger partial charge in [0.05, 0.1) is 6.54 Å². The average molecular weight is 207 g/mol. The minimum absolute atomic E-state index is 1.00. The first-order chi connectivity index (χ1) is 6.88. The van der Waals surface area contributed by atoms with Crippen molar-refractivity contribution in [3.63, 3.8) is 0 Å². The third kappa shape index (κ3) is 2.20. The summed E-state index contributed by atoms with van der Waals surface area (Å²) in [7, 11) is 0. The molecule has 0 fully saturated rings. The van der Waals surface area contributed by atoms with E-state index in [0.717, 1.165) is 18.8 Å². The van der Waals surface area contributed by atoms with Crippen molar-refractivity contribution in [1.82, 2.24) is 9.62 Å². The van der Waals surface area contributed by atoms with Gasteiger partial charge in [0.1, 0.15) is 12.9 Å². The summed E-state index contributed by atoms with van der Waals surface area (Å²) in [6.45, 7) is 2.04. The Balaban J connectivity index is 2.04. The molecule has 4 heteroatoms. The van der Waals surface area contributed by atoms with E-state index in [1.165, 1.54) is 0 Å². The van der Waals surface area contributed by atoms with Gasteiger partial charge in [-0.2, -0.15) is 0 Å². The third-order valence-electron chi connectivity index (χ3n) is 2.03. The normalized spacial score (nSPS) is 22.8. The quantitative estimate of drug-likeness (QED) is 0.414. The fourth-order valence-corrected chi connectivity index (χ4v) is 1.77. The minimum atomic E-state index is 1.00. The number of allylic oxidation sites excluding steroid dienone is 3. The first-order valence-corrected chi connectivity index (χ1v) is 5.73. The maximum atomic E-state index is 3.24. The van der Waals surface area contributed by atoms with Crippen molar-refractivity contribution in [3.8, 4) is 0 Å². The molecule has 0 radical (unpaired) electrons. The third-order valence-corrected chi connectivity index (χ3v) is 2.74. The van der Waals surface area contributed by atoms with Crippen molar-refractivity contribution in [2.45, 2.75) is 0 Å². The van der Waals surface area contributed by atoms with E-state index in [1.807, 2.05) is 24.4 Å². The molecule has 0 unspecified atom stereocenters. The lowest BCUT2D eigenvalue weighted by Crippen LogP contribution is -2.10. The summed E-state index contributed by atoms with van der Waals surface area (Å²) in [5, 5.41) is 3.17. The summed E-state index contributed by atoms with van der Waals surface area (Å²) in [6.07, 6.45) is 15.3. The van der Waals surface area contributed by atoms with Crippen LogP contribution < -0.4 is 5.32 Å². The molecule has 0 amide bonds. The molecule has 0 atom stereocenters. The van der Waals surface area contributed by atoms with Gasteiger partial charge in [-0.3, -0.25) is 4.31 Å². The summed E-state index contributed by atoms with van der Waals surface area (Å²) in [5.41, 5.74) is 1.10. The highest BCUT2D eigenvalue weighted by molar-refractivity contribution is 7.96. The van der Waals surface area contributed by atoms with Gasteiger partial charge in [0.15, 0.2) is 0 Å². The molecule has 2 aliphatic rings. The summed E-state index contributed by atoms with van der Waals surface area (Å²) in [6, 6.07) is 0. The highest BCUT2D eigenvalue weighted by Crippen LogP contribution is 2.07. The molecule has 0 spiro atoms. The lowest BCUT2D eigenvalue weighted by atomic mass is 10.3. The standard InChI is InChI=1S/C10H13N3S/c1-14-13-7-6-12(9-13)8-10-4-2-3-5-11-10/h2-5,8,11H,6-7H2,1H3/b10-8-. The predicted octanol–water partition coefficient (Wildman–Crippen LogP) is 1.01. The monoisotopic (exact) mass is 207 g/mol. The van der Waals surface area contributed by atoms with Crippen molar-refractivity contribution >= 4 is 18.3 Å². The van der Waals surface area contributed by atoms with Gasteiger partial charge in [0.2, 0.25) is 0 Å². The molecule has 3 nitrogen and oxygen atoms in total. The summed E-state index contributed by atoms with van der Waals surface area (Å²) >= 11 is 1.70. The van der Waals surface area contributed by atoms with Crippen molar-refractivity contribution < 1.29 is 4.58 Å². The van der Waals surface area contributed by atoms with Crippen molar-refractivity contribution in [3.05, 3.63) is 36.3 Å². The molecule has 0 aliphatic carbocycles. The van der Waals surface area contributed by atoms with E-state index in [-0.39, 0.29) is 0 Å². The van der Waals surface area contributed by atoms with Crippen LogP contribution in [0.3, 0.4) is 0 Å². The fourth-order valence-electron chi connectivity index (χ4n) is 1.32. The zero-order valence-electron chi connectivity index (χ0n) is 8.10. The molecule has 74 valence electrons. The van der Waals surface area contributed by atoms with Crippen LogP contribution in [0.2, 0.25) is 0 Å². The Hall–Kier alpha value is -1.16. The van der Waals surface area contributed by atoms with Crippen LogP contribution in [0, 0.1) is 0 Å². The summed E-state index contributed by atoms with van der Waals surface area (Å²) < 4.78 is 4.17. The highest BCUT2D eigenvalue weighted by Gasteiger charge is 2.09. The number of hydrogen-bond donors (Lipinski definition) is 1. The lowest BCUT2D eigenvalue weighted by molar-refractivity contribution is -0.441. The molecule has 2 aliphatic heterocycles. The van der Waals surface area contributed by atoms with Crippen molar-refractivity contribution in [1.29, 1.82) is 0 Å². The average Bonchev–Trinajstić information content (AvgIpc) is 2.67. The molecule has 14 heavy (non-hydrogen) atoms. The fraction of sp³-hybridized carbons (Fsp3) is 0.300. The maximum Gasteiger partial charge on any atom is 0.143 e. The Kier molecular flexibility index (Phi) is 2.93. The zero-order chi connectivity index (χ0) is 9.80. The van der Waals surface area contributed by atoms with E-state index in [1.54, 1.807) is 11.9 Å². The van der Waals surface area contributed by atoms with Gasteiger partial charge in [-0.15, -0.1) is 0 Å². The van der Waals surface area contributed by atoms with Gasteiger partial charge >= 0.3 is 0 Å². The lowest BCUT2D eigenvalue weighted by Gasteiger charge is -2.09. The second kappa shape index (κ2) is 4.37. The van der Waals surface area contributed by atoms with E-state index >= 15 is 0 Å². The van der Waals surface area contributed by atoms with Crippen LogP contribution in [0.1, 0.15) is 0 Å². The SMILES string of the molecule is CSN1[C-]=[N+](/C=C2/C=CC=CN2)CC1. The molecule has 0 aromatic rings. The number of nitrogens with one attached hydrogen (secondary N) is 1. The van der Waals surface area contributed by atoms with Gasteiger partial charge < -0.3 is 9.89 Å². The maximum absolute atomic E-state index is 3.24. The van der Waals surface area contributed by atoms with Gasteiger partial charge in [0, 0.05) is 18.2 Å². The molecule has 0 saturated heterocycles. The Morgan fingerprint density at radius 3 is 3.21 bits per heavy atom. The first-order valence-electron chi connectivity index (χ1n) is 4.54. The van der Waals surface area contributed by atoms with Crippen LogP contribution in [-0.2, 0) is 0 Å². The molecule has 1 N–H and O–H groups in total. The first kappa shape index (κ1) is 9.40. The van der Waals surface area contributed by atoms with E-state index in [9.17, 15) is 0 Å². The number of hydrogen-bond acceptors (Lipinski definition) is 3. The van der Waals surface area contributed by atoms with E-state index in [2.05, 4.69) is 33.0 Å². The summed E-state index contributed by atoms with van der Waals surface area (Å²) in [4.78, 5) is 0. The number of rotatable bonds is 2. The zero-order valence-corrected chi connectivity index (χ0v) is 8.92. The molecule has 0 saturated carbocycles. The largest absolute Gasteiger partial charge is 0.395 e. The number of nitrogens with zero attached hydrogens (tertiary/aromatic N) is 2. The van der Waals surface area contributed by atoms with Gasteiger partial charge in [0.25, 0.3) is 0 Å². The van der Waals surface area contributed by atoms with Crippen molar-refractivity contribution in [2.24, 2.45) is 0 Å². The van der Waals surface area contributed by atoms with Crippen LogP contribution >= 0.6 is 11.9 Å². The second-order valence-corrected chi connectivity index (χ2v) is 3.83. The Labute approximate surface area is 88.6 Å². The van der Waals surface area contributed by atoms with Crippen LogP contribution in [0.4, 0.5) is 0 Å². The number of dihydropyridines is 1. The predicted molar refractivity (Wildman–Crippen MR) is 59.9 cm³/mol. The second-order valence-electron chi connectivity index (χ2n) is 3.03. The Morgan fingerprint density at radius 2 is 2.57 bits per heavy atom. The van der Waals surface area contributed by atoms with E-state index < -0.39 is 0 Å².